The first-order chi connectivity index (χ1) is 20.6. The lowest BCUT2D eigenvalue weighted by molar-refractivity contribution is -0.178. The summed E-state index contributed by atoms with van der Waals surface area (Å²) in [7, 11) is 1.66. The summed E-state index contributed by atoms with van der Waals surface area (Å²) >= 11 is 0.875. The smallest absolute Gasteiger partial charge is 0.238 e. The Balaban J connectivity index is 1.41. The van der Waals surface area contributed by atoms with E-state index >= 15 is 0 Å². The van der Waals surface area contributed by atoms with Gasteiger partial charge >= 0.3 is 0 Å². The van der Waals surface area contributed by atoms with Gasteiger partial charge in [-0.2, -0.15) is 0 Å². The number of carbonyl (C=O) groups is 1. The minimum Gasteiger partial charge on any atom is -0.394 e. The molecule has 7 atom stereocenters. The van der Waals surface area contributed by atoms with Crippen LogP contribution in [-0.4, -0.2) is 102 Å². The number of thioether (sulfide) groups is 1. The van der Waals surface area contributed by atoms with Gasteiger partial charge in [-0.1, -0.05) is 35.5 Å². The van der Waals surface area contributed by atoms with Crippen LogP contribution in [0.5, 0.6) is 0 Å². The fourth-order valence-electron chi connectivity index (χ4n) is 5.17. The Kier molecular flexibility index (Phi) is 9.73. The maximum atomic E-state index is 13.8. The summed E-state index contributed by atoms with van der Waals surface area (Å²) in [5.41, 5.74) is -0.612. The molecule has 3 aromatic rings. The summed E-state index contributed by atoms with van der Waals surface area (Å²) in [5.74, 6) is -4.46. The lowest BCUT2D eigenvalue weighted by Crippen LogP contribution is -2.56. The number of amides is 1. The molecule has 1 saturated carbocycles. The van der Waals surface area contributed by atoms with Crippen molar-refractivity contribution in [2.75, 3.05) is 20.2 Å². The minimum atomic E-state index is -1.64. The van der Waals surface area contributed by atoms with E-state index in [-0.39, 0.29) is 23.6 Å². The molecule has 1 aliphatic heterocycles. The van der Waals surface area contributed by atoms with Crippen LogP contribution in [0.3, 0.4) is 0 Å². The SMILES string of the molecule is CN(CC1CC1)C(=O)[C@@H](S[C@@H]1O[C@H](CO)[C@H](O)[C@H](n2cc(-c3cc(F)c(F)c(F)c3)nn2)[C@H]1O)[C@H](O)Cc1ccccc1. The predicted molar refractivity (Wildman–Crippen MR) is 150 cm³/mol. The second-order valence-electron chi connectivity index (χ2n) is 11.0. The molecular weight excluding hydrogens is 589 g/mol. The van der Waals surface area contributed by atoms with E-state index in [0.29, 0.717) is 12.5 Å². The molecule has 2 aromatic carbocycles. The number of benzene rings is 2. The van der Waals surface area contributed by atoms with Crippen LogP contribution in [0.15, 0.2) is 48.7 Å². The molecule has 1 aliphatic carbocycles. The molecule has 4 N–H and O–H groups in total. The van der Waals surface area contributed by atoms with Gasteiger partial charge in [-0.3, -0.25) is 4.79 Å². The predicted octanol–water partition coefficient (Wildman–Crippen LogP) is 1.92. The Morgan fingerprint density at radius 1 is 1.14 bits per heavy atom. The van der Waals surface area contributed by atoms with Gasteiger partial charge in [-0.15, -0.1) is 16.9 Å². The monoisotopic (exact) mass is 622 g/mol. The summed E-state index contributed by atoms with van der Waals surface area (Å²) < 4.78 is 48.0. The fourth-order valence-corrected chi connectivity index (χ4v) is 6.56. The molecule has 1 aromatic heterocycles. The molecule has 0 radical (unpaired) electrons. The summed E-state index contributed by atoms with van der Waals surface area (Å²) in [6, 6.07) is 9.32. The van der Waals surface area contributed by atoms with Crippen LogP contribution in [0.25, 0.3) is 11.3 Å². The Morgan fingerprint density at radius 3 is 2.44 bits per heavy atom. The second-order valence-corrected chi connectivity index (χ2v) is 12.3. The molecule has 5 rings (SSSR count). The van der Waals surface area contributed by atoms with E-state index in [1.54, 1.807) is 11.9 Å². The van der Waals surface area contributed by atoms with Gasteiger partial charge in [-0.25, -0.2) is 17.9 Å². The average molecular weight is 623 g/mol. The van der Waals surface area contributed by atoms with Crippen molar-refractivity contribution in [2.45, 2.75) is 60.4 Å². The third-order valence-electron chi connectivity index (χ3n) is 7.71. The van der Waals surface area contributed by atoms with Crippen LogP contribution in [0.4, 0.5) is 13.2 Å². The highest BCUT2D eigenvalue weighted by atomic mass is 32.2. The number of aromatic nitrogens is 3. The molecule has 0 spiro atoms. The zero-order chi connectivity index (χ0) is 30.8. The first-order valence-corrected chi connectivity index (χ1v) is 14.8. The van der Waals surface area contributed by atoms with Crippen LogP contribution in [-0.2, 0) is 16.0 Å². The van der Waals surface area contributed by atoms with Gasteiger partial charge in [0, 0.05) is 19.2 Å². The number of carbonyl (C=O) groups excluding carboxylic acids is 1. The number of halogens is 3. The van der Waals surface area contributed by atoms with E-state index < -0.39 is 65.2 Å². The maximum Gasteiger partial charge on any atom is 0.238 e. The van der Waals surface area contributed by atoms with Crippen molar-refractivity contribution in [3.8, 4) is 11.3 Å². The van der Waals surface area contributed by atoms with E-state index in [2.05, 4.69) is 10.3 Å². The van der Waals surface area contributed by atoms with Gasteiger partial charge in [0.2, 0.25) is 5.91 Å². The molecule has 43 heavy (non-hydrogen) atoms. The number of hydrogen-bond donors (Lipinski definition) is 4. The van der Waals surface area contributed by atoms with Crippen LogP contribution < -0.4 is 0 Å². The highest BCUT2D eigenvalue weighted by Gasteiger charge is 2.48. The van der Waals surface area contributed by atoms with Crippen LogP contribution in [0.1, 0.15) is 24.4 Å². The minimum absolute atomic E-state index is 0.0681. The Bertz CT molecular complexity index is 1390. The molecule has 232 valence electrons. The molecule has 2 fully saturated rings. The molecule has 14 heteroatoms. The fraction of sp³-hybridized carbons (Fsp3) is 0.483. The van der Waals surface area contributed by atoms with E-state index in [9.17, 15) is 38.4 Å². The first-order valence-electron chi connectivity index (χ1n) is 13.9. The maximum absolute atomic E-state index is 13.8. The molecule has 10 nitrogen and oxygen atoms in total. The molecular formula is C29H33F3N4O6S. The van der Waals surface area contributed by atoms with Crippen molar-refractivity contribution in [3.63, 3.8) is 0 Å². The number of aliphatic hydroxyl groups is 4. The van der Waals surface area contributed by atoms with Gasteiger partial charge in [0.15, 0.2) is 17.5 Å². The van der Waals surface area contributed by atoms with Gasteiger partial charge in [0.05, 0.1) is 18.9 Å². The molecule has 0 unspecified atom stereocenters. The largest absolute Gasteiger partial charge is 0.394 e. The van der Waals surface area contributed by atoms with Gasteiger partial charge in [0.1, 0.15) is 40.7 Å². The standard InChI is InChI=1S/C29H33F3N4O6S/c1-35(12-16-7-8-16)28(41)27(21(38)9-15-5-3-2-4-6-15)43-29-26(40)24(25(39)22(14-37)42-29)36-13-20(33-34-36)17-10-18(30)23(32)19(31)11-17/h2-6,10-11,13,16,21-22,24-27,29,37-40H,7-9,12,14H2,1H3/t21-,22-,24+,25+,26-,27+,29+/m1/s1. The Labute approximate surface area is 250 Å². The number of rotatable bonds is 11. The van der Waals surface area contributed by atoms with Crippen molar-refractivity contribution in [3.05, 3.63) is 71.7 Å². The summed E-state index contributed by atoms with van der Waals surface area (Å²) in [6.07, 6.45) is -2.04. The number of hydrogen-bond acceptors (Lipinski definition) is 9. The van der Waals surface area contributed by atoms with Gasteiger partial charge in [0.25, 0.3) is 0 Å². The quantitative estimate of drug-likeness (QED) is 0.236. The molecule has 2 heterocycles. The zero-order valence-corrected chi connectivity index (χ0v) is 24.0. The Morgan fingerprint density at radius 2 is 1.81 bits per heavy atom. The van der Waals surface area contributed by atoms with Crippen molar-refractivity contribution in [1.82, 2.24) is 19.9 Å². The lowest BCUT2D eigenvalue weighted by Gasteiger charge is -2.43. The summed E-state index contributed by atoms with van der Waals surface area (Å²) in [5, 5.41) is 50.4. The molecule has 0 bridgehead atoms. The van der Waals surface area contributed by atoms with E-state index in [1.165, 1.54) is 6.20 Å². The summed E-state index contributed by atoms with van der Waals surface area (Å²) in [4.78, 5) is 15.2. The highest BCUT2D eigenvalue weighted by molar-refractivity contribution is 8.01. The molecule has 2 aliphatic rings. The topological polar surface area (TPSA) is 141 Å². The van der Waals surface area contributed by atoms with Crippen molar-refractivity contribution < 1.29 is 43.1 Å². The normalized spacial score (nSPS) is 25.3. The Hall–Kier alpha value is -3.01. The lowest BCUT2D eigenvalue weighted by atomic mass is 9.97. The van der Waals surface area contributed by atoms with Crippen LogP contribution in [0.2, 0.25) is 0 Å². The molecule has 1 saturated heterocycles. The highest BCUT2D eigenvalue weighted by Crippen LogP contribution is 2.39. The van der Waals surface area contributed by atoms with E-state index in [1.807, 2.05) is 30.3 Å². The van der Waals surface area contributed by atoms with Crippen molar-refractivity contribution >= 4 is 17.7 Å². The zero-order valence-electron chi connectivity index (χ0n) is 23.2. The van der Waals surface area contributed by atoms with Crippen molar-refractivity contribution in [2.24, 2.45) is 5.92 Å². The van der Waals surface area contributed by atoms with Gasteiger partial charge in [-0.05, 0) is 42.9 Å². The van der Waals surface area contributed by atoms with Crippen molar-refractivity contribution in [1.29, 1.82) is 0 Å². The van der Waals surface area contributed by atoms with Crippen LogP contribution >= 0.6 is 11.8 Å². The summed E-state index contributed by atoms with van der Waals surface area (Å²) in [6.45, 7) is -0.126. The van der Waals surface area contributed by atoms with E-state index in [0.717, 1.165) is 47.0 Å². The first kappa shape index (κ1) is 31.4. The van der Waals surface area contributed by atoms with Crippen LogP contribution in [0, 0.1) is 23.4 Å². The third kappa shape index (κ3) is 7.05. The second kappa shape index (κ2) is 13.3. The number of ether oxygens (including phenoxy) is 1. The molecule has 1 amide bonds. The van der Waals surface area contributed by atoms with Gasteiger partial charge < -0.3 is 30.1 Å². The number of aliphatic hydroxyl groups excluding tert-OH is 4. The van der Waals surface area contributed by atoms with E-state index in [4.69, 9.17) is 4.74 Å². The average Bonchev–Trinajstić information content (AvgIpc) is 3.67. The third-order valence-corrected chi connectivity index (χ3v) is 9.18. The number of nitrogens with zero attached hydrogens (tertiary/aromatic N) is 4.